The summed E-state index contributed by atoms with van der Waals surface area (Å²) in [6.07, 6.45) is 9.38. The van der Waals surface area contributed by atoms with E-state index in [1.165, 1.54) is 18.4 Å². The van der Waals surface area contributed by atoms with Gasteiger partial charge in [-0.1, -0.05) is 51.4 Å². The number of allylic oxidation sites excluding steroid dienone is 1. The molecule has 0 saturated heterocycles. The van der Waals surface area contributed by atoms with Crippen LogP contribution in [0.2, 0.25) is 0 Å². The van der Waals surface area contributed by atoms with Crippen molar-refractivity contribution in [1.82, 2.24) is 9.13 Å². The number of para-hydroxylation sites is 1. The number of ether oxygens (including phenoxy) is 3. The summed E-state index contributed by atoms with van der Waals surface area (Å²) in [5.74, 6) is 3.11. The highest BCUT2D eigenvalue weighted by Gasteiger charge is 2.35. The molecule has 204 valence electrons. The Kier molecular flexibility index (Phi) is 7.70. The van der Waals surface area contributed by atoms with Crippen molar-refractivity contribution in [3.05, 3.63) is 89.2 Å². The molecule has 0 amide bonds. The number of benzene rings is 2. The van der Waals surface area contributed by atoms with Gasteiger partial charge in [0.1, 0.15) is 0 Å². The first-order chi connectivity index (χ1) is 19.3. The number of thiazole rings is 1. The number of fused-ring (bicyclic) bond motifs is 2. The van der Waals surface area contributed by atoms with Gasteiger partial charge in [0.15, 0.2) is 16.3 Å². The standard InChI is InChI=1S/C30H26BrN3O5S/c1-6-12-33-16-18(19-10-8-9-11-22(19)33)13-25-28(35)34-27(20-14-23(37-4)24(38-5)15-21(20)31)26(29(36)39-7-2)17(3)32-30(34)40-25/h1,8-11,13-16,27H,7,12H2,2-5H3/b25-13-/t27-/m1/s1. The molecule has 8 nitrogen and oxygen atoms in total. The van der Waals surface area contributed by atoms with Crippen LogP contribution in [0.5, 0.6) is 11.5 Å². The van der Waals surface area contributed by atoms with E-state index in [0.29, 0.717) is 43.1 Å². The average Bonchev–Trinajstić information content (AvgIpc) is 3.44. The van der Waals surface area contributed by atoms with Crippen LogP contribution >= 0.6 is 27.3 Å². The van der Waals surface area contributed by atoms with Crippen LogP contribution < -0.4 is 24.4 Å². The molecule has 0 bridgehead atoms. The van der Waals surface area contributed by atoms with E-state index in [1.807, 2.05) is 41.1 Å². The number of terminal acetylenes is 1. The number of carbonyl (C=O) groups is 1. The fourth-order valence-electron chi connectivity index (χ4n) is 4.93. The number of rotatable bonds is 7. The van der Waals surface area contributed by atoms with Crippen LogP contribution in [0.3, 0.4) is 0 Å². The summed E-state index contributed by atoms with van der Waals surface area (Å²) < 4.78 is 21.0. The summed E-state index contributed by atoms with van der Waals surface area (Å²) in [7, 11) is 3.08. The Morgan fingerprint density at radius 1 is 1.23 bits per heavy atom. The van der Waals surface area contributed by atoms with Crippen LogP contribution in [0, 0.1) is 12.3 Å². The molecule has 1 atom stereocenters. The van der Waals surface area contributed by atoms with E-state index >= 15 is 0 Å². The predicted molar refractivity (Wildman–Crippen MR) is 158 cm³/mol. The molecule has 0 spiro atoms. The van der Waals surface area contributed by atoms with Crippen molar-refractivity contribution in [2.75, 3.05) is 20.8 Å². The predicted octanol–water partition coefficient (Wildman–Crippen LogP) is 4.17. The lowest BCUT2D eigenvalue weighted by molar-refractivity contribution is -0.139. The molecular weight excluding hydrogens is 594 g/mol. The van der Waals surface area contributed by atoms with Crippen LogP contribution in [0.15, 0.2) is 68.1 Å². The Morgan fingerprint density at radius 3 is 2.65 bits per heavy atom. The highest BCUT2D eigenvalue weighted by molar-refractivity contribution is 9.10. The van der Waals surface area contributed by atoms with Crippen molar-refractivity contribution < 1.29 is 19.0 Å². The van der Waals surface area contributed by atoms with Gasteiger partial charge in [-0.2, -0.15) is 0 Å². The molecule has 5 rings (SSSR count). The van der Waals surface area contributed by atoms with Gasteiger partial charge in [-0.3, -0.25) is 9.36 Å². The van der Waals surface area contributed by atoms with Crippen molar-refractivity contribution in [1.29, 1.82) is 0 Å². The van der Waals surface area contributed by atoms with Crippen LogP contribution in [-0.4, -0.2) is 35.9 Å². The van der Waals surface area contributed by atoms with E-state index in [0.717, 1.165) is 16.5 Å². The first kappa shape index (κ1) is 27.5. The summed E-state index contributed by atoms with van der Waals surface area (Å²) >= 11 is 4.89. The number of halogens is 1. The van der Waals surface area contributed by atoms with Crippen LogP contribution in [0.1, 0.15) is 31.0 Å². The molecule has 0 saturated carbocycles. The molecule has 0 fully saturated rings. The lowest BCUT2D eigenvalue weighted by atomic mass is 9.95. The zero-order valence-corrected chi connectivity index (χ0v) is 24.8. The van der Waals surface area contributed by atoms with Gasteiger partial charge in [0, 0.05) is 27.1 Å². The third-order valence-corrected chi connectivity index (χ3v) is 8.35. The van der Waals surface area contributed by atoms with Gasteiger partial charge in [-0.25, -0.2) is 9.79 Å². The first-order valence-corrected chi connectivity index (χ1v) is 14.1. The number of methoxy groups -OCH3 is 2. The van der Waals surface area contributed by atoms with E-state index < -0.39 is 12.0 Å². The maximum atomic E-state index is 14.1. The van der Waals surface area contributed by atoms with Crippen molar-refractivity contribution in [3.63, 3.8) is 0 Å². The van der Waals surface area contributed by atoms with E-state index in [1.54, 1.807) is 37.7 Å². The van der Waals surface area contributed by atoms with Gasteiger partial charge in [0.25, 0.3) is 5.56 Å². The lowest BCUT2D eigenvalue weighted by Gasteiger charge is -2.26. The number of aromatic nitrogens is 2. The van der Waals surface area contributed by atoms with Crippen molar-refractivity contribution in [2.45, 2.75) is 26.4 Å². The molecule has 0 radical (unpaired) electrons. The van der Waals surface area contributed by atoms with E-state index in [4.69, 9.17) is 20.6 Å². The molecule has 10 heteroatoms. The normalized spacial score (nSPS) is 15.0. The second-order valence-corrected chi connectivity index (χ2v) is 10.8. The minimum atomic E-state index is -0.811. The maximum Gasteiger partial charge on any atom is 0.338 e. The molecule has 2 aromatic heterocycles. The van der Waals surface area contributed by atoms with Crippen LogP contribution in [0.4, 0.5) is 0 Å². The highest BCUT2D eigenvalue weighted by Crippen LogP contribution is 2.40. The zero-order chi connectivity index (χ0) is 28.6. The van der Waals surface area contributed by atoms with Gasteiger partial charge >= 0.3 is 5.97 Å². The van der Waals surface area contributed by atoms with Crippen LogP contribution in [-0.2, 0) is 16.1 Å². The Bertz CT molecular complexity index is 1910. The molecule has 0 N–H and O–H groups in total. The van der Waals surface area contributed by atoms with Crippen molar-refractivity contribution in [3.8, 4) is 23.8 Å². The van der Waals surface area contributed by atoms with Crippen molar-refractivity contribution >= 4 is 50.2 Å². The summed E-state index contributed by atoms with van der Waals surface area (Å²) in [5, 5.41) is 0.978. The van der Waals surface area contributed by atoms with Gasteiger partial charge in [0.05, 0.1) is 49.2 Å². The fourth-order valence-corrected chi connectivity index (χ4v) is 6.50. The third kappa shape index (κ3) is 4.65. The zero-order valence-electron chi connectivity index (χ0n) is 22.4. The van der Waals surface area contributed by atoms with Gasteiger partial charge in [-0.15, -0.1) is 6.42 Å². The number of hydrogen-bond acceptors (Lipinski definition) is 7. The maximum absolute atomic E-state index is 14.1. The van der Waals surface area contributed by atoms with Crippen LogP contribution in [0.25, 0.3) is 17.0 Å². The molecule has 0 aliphatic carbocycles. The number of carbonyl (C=O) groups excluding carboxylic acids is 1. The fraction of sp³-hybridized carbons (Fsp3) is 0.233. The molecule has 1 aliphatic rings. The SMILES string of the molecule is C#CCn1cc(/C=c2\sc3n(c2=O)[C@H](c2cc(OC)c(OC)cc2Br)C(C(=O)OCC)=C(C)N=3)c2ccccc21. The van der Waals surface area contributed by atoms with Crippen molar-refractivity contribution in [2.24, 2.45) is 4.99 Å². The minimum absolute atomic E-state index is 0.182. The largest absolute Gasteiger partial charge is 0.493 e. The summed E-state index contributed by atoms with van der Waals surface area (Å²) in [4.78, 5) is 32.5. The topological polar surface area (TPSA) is 84.0 Å². The molecule has 2 aromatic carbocycles. The second kappa shape index (κ2) is 11.2. The minimum Gasteiger partial charge on any atom is -0.493 e. The Balaban J connectivity index is 1.78. The quantitative estimate of drug-likeness (QED) is 0.229. The van der Waals surface area contributed by atoms with Gasteiger partial charge < -0.3 is 18.8 Å². The monoisotopic (exact) mass is 619 g/mol. The smallest absolute Gasteiger partial charge is 0.338 e. The first-order valence-electron chi connectivity index (χ1n) is 12.4. The lowest BCUT2D eigenvalue weighted by Crippen LogP contribution is -2.40. The molecular formula is C30H26BrN3O5S. The van der Waals surface area contributed by atoms with E-state index in [-0.39, 0.29) is 17.7 Å². The second-order valence-electron chi connectivity index (χ2n) is 8.96. The molecule has 4 aromatic rings. The van der Waals surface area contributed by atoms with E-state index in [2.05, 4.69) is 26.8 Å². The summed E-state index contributed by atoms with van der Waals surface area (Å²) in [6.45, 7) is 4.08. The summed E-state index contributed by atoms with van der Waals surface area (Å²) in [5.41, 5.74) is 2.95. The number of nitrogens with zero attached hydrogens (tertiary/aromatic N) is 3. The highest BCUT2D eigenvalue weighted by atomic mass is 79.9. The molecule has 3 heterocycles. The Labute approximate surface area is 243 Å². The average molecular weight is 621 g/mol. The Hall–Kier alpha value is -4.07. The third-order valence-electron chi connectivity index (χ3n) is 6.68. The van der Waals surface area contributed by atoms with Gasteiger partial charge in [-0.05, 0) is 43.7 Å². The molecule has 1 aliphatic heterocycles. The molecule has 0 unspecified atom stereocenters. The number of hydrogen-bond donors (Lipinski definition) is 0. The number of esters is 1. The summed E-state index contributed by atoms with van der Waals surface area (Å²) in [6, 6.07) is 10.6. The van der Waals surface area contributed by atoms with E-state index in [9.17, 15) is 9.59 Å². The van der Waals surface area contributed by atoms with Gasteiger partial charge in [0.2, 0.25) is 0 Å². The Morgan fingerprint density at radius 2 is 1.95 bits per heavy atom. The molecule has 40 heavy (non-hydrogen) atoms.